The molecule has 0 unspecified atom stereocenters. The number of anilines is 1. The van der Waals surface area contributed by atoms with Crippen LogP contribution in [-0.2, 0) is 22.8 Å². The molecule has 0 atom stereocenters. The Hall–Kier alpha value is -4.52. The number of alkyl halides is 3. The Morgan fingerprint density at radius 2 is 1.59 bits per heavy atom. The SMILES string of the molecule is CCn1cc(-c2ccc(Cl)cc2Cl)nc1Cc1ccc(-c2ccc(Oc3cc(N)c(S(=O)(=O)C(F)(F)F)c(C(=O)O)c3)cc2)cc1. The van der Waals surface area contributed by atoms with Gasteiger partial charge in [0, 0.05) is 35.8 Å². The molecule has 0 aliphatic heterocycles. The van der Waals surface area contributed by atoms with Crippen LogP contribution in [0.4, 0.5) is 18.9 Å². The Morgan fingerprint density at radius 1 is 0.957 bits per heavy atom. The maximum absolute atomic E-state index is 13.1. The molecule has 14 heteroatoms. The molecule has 0 fully saturated rings. The Balaban J connectivity index is 1.32. The maximum atomic E-state index is 13.1. The summed E-state index contributed by atoms with van der Waals surface area (Å²) in [6.07, 6.45) is 2.54. The molecule has 4 aromatic carbocycles. The number of rotatable bonds is 9. The van der Waals surface area contributed by atoms with Crippen molar-refractivity contribution in [1.82, 2.24) is 9.55 Å². The van der Waals surface area contributed by atoms with Gasteiger partial charge in [0.05, 0.1) is 22.0 Å². The second kappa shape index (κ2) is 12.7. The zero-order chi connectivity index (χ0) is 33.4. The topological polar surface area (TPSA) is 125 Å². The lowest BCUT2D eigenvalue weighted by Gasteiger charge is -2.15. The van der Waals surface area contributed by atoms with Gasteiger partial charge >= 0.3 is 11.5 Å². The molecule has 0 aliphatic rings. The second-order valence-electron chi connectivity index (χ2n) is 10.1. The quantitative estimate of drug-likeness (QED) is 0.149. The third-order valence-corrected chi connectivity index (χ3v) is 9.19. The van der Waals surface area contributed by atoms with E-state index in [0.717, 1.165) is 46.4 Å². The first-order valence-corrected chi connectivity index (χ1v) is 15.8. The van der Waals surface area contributed by atoms with Crippen LogP contribution in [0.25, 0.3) is 22.4 Å². The van der Waals surface area contributed by atoms with E-state index in [0.29, 0.717) is 22.5 Å². The fourth-order valence-corrected chi connectivity index (χ4v) is 6.34. The Kier molecular flexibility index (Phi) is 9.07. The van der Waals surface area contributed by atoms with Gasteiger partial charge in [-0.1, -0.05) is 59.6 Å². The van der Waals surface area contributed by atoms with Gasteiger partial charge in [-0.2, -0.15) is 13.2 Å². The van der Waals surface area contributed by atoms with Crippen LogP contribution in [0, 0.1) is 0 Å². The normalized spacial score (nSPS) is 11.9. The van der Waals surface area contributed by atoms with E-state index in [2.05, 4.69) is 4.57 Å². The number of carbonyl (C=O) groups is 1. The Bertz CT molecular complexity index is 2050. The smallest absolute Gasteiger partial charge is 0.478 e. The van der Waals surface area contributed by atoms with Gasteiger partial charge < -0.3 is 20.1 Å². The number of ether oxygens (including phenoxy) is 1. The number of carboxylic acids is 1. The minimum absolute atomic E-state index is 0.213. The van der Waals surface area contributed by atoms with E-state index in [9.17, 15) is 31.5 Å². The van der Waals surface area contributed by atoms with Crippen LogP contribution in [0.2, 0.25) is 10.0 Å². The fraction of sp³-hybridized carbons (Fsp3) is 0.125. The standard InChI is InChI=1S/C32H24Cl2F3N3O5S/c1-2-40-17-28(24-12-9-21(33)14-26(24)34)39-29(40)13-18-3-5-19(6-4-18)20-7-10-22(11-8-20)45-23-15-25(31(41)42)30(27(38)16-23)46(43,44)32(35,36)37/h3-12,14-17H,2,13,38H2,1H3,(H,41,42). The van der Waals surface area contributed by atoms with Gasteiger partial charge in [-0.25, -0.2) is 18.2 Å². The highest BCUT2D eigenvalue weighted by Crippen LogP contribution is 2.39. The van der Waals surface area contributed by atoms with E-state index in [4.69, 9.17) is 38.7 Å². The van der Waals surface area contributed by atoms with Crippen molar-refractivity contribution in [2.45, 2.75) is 30.3 Å². The van der Waals surface area contributed by atoms with E-state index in [1.165, 1.54) is 0 Å². The van der Waals surface area contributed by atoms with Crippen molar-refractivity contribution in [3.05, 3.63) is 112 Å². The zero-order valence-electron chi connectivity index (χ0n) is 23.8. The van der Waals surface area contributed by atoms with Gasteiger partial charge in [-0.05, 0) is 60.0 Å². The number of nitrogens with two attached hydrogens (primary N) is 1. The molecule has 1 aromatic heterocycles. The average Bonchev–Trinajstić information content (AvgIpc) is 3.39. The number of imidazole rings is 1. The van der Waals surface area contributed by atoms with Crippen molar-refractivity contribution in [2.24, 2.45) is 0 Å². The molecule has 8 nitrogen and oxygen atoms in total. The molecule has 3 N–H and O–H groups in total. The molecule has 5 aromatic rings. The van der Waals surface area contributed by atoms with Crippen LogP contribution < -0.4 is 10.5 Å². The average molecular weight is 691 g/mol. The van der Waals surface area contributed by atoms with Crippen LogP contribution in [0.3, 0.4) is 0 Å². The molecule has 0 saturated heterocycles. The summed E-state index contributed by atoms with van der Waals surface area (Å²) in [7, 11) is -6.02. The number of halogens is 5. The van der Waals surface area contributed by atoms with Crippen molar-refractivity contribution in [3.8, 4) is 33.9 Å². The summed E-state index contributed by atoms with van der Waals surface area (Å²) in [5.74, 6) is -1.08. The highest BCUT2D eigenvalue weighted by Gasteiger charge is 2.49. The number of aromatic carboxylic acids is 1. The number of carboxylic acid groups (broad SMARTS) is 1. The van der Waals surface area contributed by atoms with Crippen molar-refractivity contribution in [2.75, 3.05) is 5.73 Å². The molecule has 0 bridgehead atoms. The molecule has 0 aliphatic carbocycles. The van der Waals surface area contributed by atoms with E-state index < -0.39 is 37.5 Å². The van der Waals surface area contributed by atoms with Crippen LogP contribution in [-0.4, -0.2) is 34.6 Å². The molecule has 0 radical (unpaired) electrons. The summed E-state index contributed by atoms with van der Waals surface area (Å²) in [5, 5.41) is 10.5. The van der Waals surface area contributed by atoms with Crippen LogP contribution in [0.5, 0.6) is 11.5 Å². The minimum Gasteiger partial charge on any atom is -0.478 e. The number of hydrogen-bond donors (Lipinski definition) is 2. The Labute approximate surface area is 271 Å². The first-order chi connectivity index (χ1) is 21.7. The zero-order valence-corrected chi connectivity index (χ0v) is 26.2. The molecule has 46 heavy (non-hydrogen) atoms. The molecule has 5 rings (SSSR count). The van der Waals surface area contributed by atoms with Crippen LogP contribution in [0.15, 0.2) is 90.0 Å². The van der Waals surface area contributed by atoms with Gasteiger partial charge in [0.1, 0.15) is 22.2 Å². The molecular weight excluding hydrogens is 666 g/mol. The predicted molar refractivity (Wildman–Crippen MR) is 169 cm³/mol. The number of nitrogens with zero attached hydrogens (tertiary/aromatic N) is 2. The highest BCUT2D eigenvalue weighted by atomic mass is 35.5. The van der Waals surface area contributed by atoms with Gasteiger partial charge in [-0.15, -0.1) is 0 Å². The molecule has 0 amide bonds. The number of sulfone groups is 1. The van der Waals surface area contributed by atoms with Gasteiger partial charge in [0.15, 0.2) is 0 Å². The van der Waals surface area contributed by atoms with E-state index >= 15 is 0 Å². The number of aryl methyl sites for hydroxylation is 1. The number of aromatic nitrogens is 2. The molecule has 238 valence electrons. The highest BCUT2D eigenvalue weighted by molar-refractivity contribution is 7.92. The Morgan fingerprint density at radius 3 is 2.15 bits per heavy atom. The third kappa shape index (κ3) is 6.69. The van der Waals surface area contributed by atoms with Crippen molar-refractivity contribution >= 4 is 44.7 Å². The van der Waals surface area contributed by atoms with E-state index in [-0.39, 0.29) is 11.5 Å². The predicted octanol–water partition coefficient (Wildman–Crippen LogP) is 8.50. The van der Waals surface area contributed by atoms with Crippen LogP contribution >= 0.6 is 23.2 Å². The summed E-state index contributed by atoms with van der Waals surface area (Å²) in [6.45, 7) is 2.75. The first kappa shape index (κ1) is 32.9. The fourth-order valence-electron chi connectivity index (χ4n) is 4.80. The molecule has 0 spiro atoms. The molecule has 1 heterocycles. The number of hydrogen-bond acceptors (Lipinski definition) is 6. The summed E-state index contributed by atoms with van der Waals surface area (Å²) in [5.41, 5.74) is 2.06. The summed E-state index contributed by atoms with van der Waals surface area (Å²) >= 11 is 12.4. The van der Waals surface area contributed by atoms with Gasteiger partial charge in [0.25, 0.3) is 9.84 Å². The number of nitrogen functional groups attached to an aromatic ring is 1. The molecule has 0 saturated carbocycles. The van der Waals surface area contributed by atoms with Gasteiger partial charge in [0.2, 0.25) is 0 Å². The lowest BCUT2D eigenvalue weighted by molar-refractivity contribution is -0.0435. The number of benzene rings is 4. The monoisotopic (exact) mass is 689 g/mol. The minimum atomic E-state index is -6.02. The maximum Gasteiger partial charge on any atom is 0.502 e. The van der Waals surface area contributed by atoms with Crippen LogP contribution in [0.1, 0.15) is 28.7 Å². The first-order valence-electron chi connectivity index (χ1n) is 13.5. The lowest BCUT2D eigenvalue weighted by Crippen LogP contribution is -2.26. The third-order valence-electron chi connectivity index (χ3n) is 7.04. The lowest BCUT2D eigenvalue weighted by atomic mass is 10.0. The summed E-state index contributed by atoms with van der Waals surface area (Å²) < 4.78 is 70.9. The van der Waals surface area contributed by atoms with Crippen molar-refractivity contribution in [1.29, 1.82) is 0 Å². The van der Waals surface area contributed by atoms with Gasteiger partial charge in [-0.3, -0.25) is 0 Å². The summed E-state index contributed by atoms with van der Waals surface area (Å²) in [6, 6.07) is 21.3. The summed E-state index contributed by atoms with van der Waals surface area (Å²) in [4.78, 5) is 14.9. The van der Waals surface area contributed by atoms with Crippen molar-refractivity contribution < 1.29 is 36.2 Å². The van der Waals surface area contributed by atoms with E-state index in [1.807, 2.05) is 43.5 Å². The largest absolute Gasteiger partial charge is 0.502 e. The van der Waals surface area contributed by atoms with E-state index in [1.54, 1.807) is 36.4 Å². The van der Waals surface area contributed by atoms with Crippen molar-refractivity contribution in [3.63, 3.8) is 0 Å². The molecular formula is C32H24Cl2F3N3O5S. The second-order valence-corrected chi connectivity index (χ2v) is 12.8.